The Labute approximate surface area is 127 Å². The van der Waals surface area contributed by atoms with Crippen LogP contribution < -0.4 is 10.6 Å². The van der Waals surface area contributed by atoms with Crippen LogP contribution >= 0.6 is 0 Å². The Hall–Kier alpha value is -1.62. The Morgan fingerprint density at radius 1 is 1.29 bits per heavy atom. The third-order valence-electron chi connectivity index (χ3n) is 3.00. The molecule has 1 heterocycles. The van der Waals surface area contributed by atoms with Crippen molar-refractivity contribution in [2.24, 2.45) is 0 Å². The number of nitrogens with zero attached hydrogens (tertiary/aromatic N) is 1. The van der Waals surface area contributed by atoms with Gasteiger partial charge in [0.25, 0.3) is 0 Å². The van der Waals surface area contributed by atoms with Gasteiger partial charge in [-0.15, -0.1) is 0 Å². The molecule has 0 spiro atoms. The van der Waals surface area contributed by atoms with E-state index in [1.54, 1.807) is 12.4 Å². The third-order valence-corrected chi connectivity index (χ3v) is 3.00. The molecule has 0 aliphatic rings. The summed E-state index contributed by atoms with van der Waals surface area (Å²) in [6.07, 6.45) is 4.06. The van der Waals surface area contributed by atoms with Crippen LogP contribution in [-0.2, 0) is 4.74 Å². The van der Waals surface area contributed by atoms with E-state index in [0.29, 0.717) is 0 Å². The standard InChI is InChI=1S/C16H27N3O2/c1-12(19-15(20)21-16(3,4)5)6-11-18-13(2)14-7-9-17-10-8-14/h7-10,12-13,18H,6,11H2,1-5H3,(H,19,20). The lowest BCUT2D eigenvalue weighted by atomic mass is 10.1. The molecule has 1 amide bonds. The number of hydrogen-bond acceptors (Lipinski definition) is 4. The summed E-state index contributed by atoms with van der Waals surface area (Å²) in [6, 6.07) is 4.33. The summed E-state index contributed by atoms with van der Waals surface area (Å²) in [5.74, 6) is 0. The minimum Gasteiger partial charge on any atom is -0.444 e. The highest BCUT2D eigenvalue weighted by atomic mass is 16.6. The minimum absolute atomic E-state index is 0.0667. The fraction of sp³-hybridized carbons (Fsp3) is 0.625. The smallest absolute Gasteiger partial charge is 0.407 e. The van der Waals surface area contributed by atoms with Crippen molar-refractivity contribution in [3.63, 3.8) is 0 Å². The zero-order chi connectivity index (χ0) is 15.9. The van der Waals surface area contributed by atoms with Crippen molar-refractivity contribution in [3.8, 4) is 0 Å². The first kappa shape index (κ1) is 17.4. The highest BCUT2D eigenvalue weighted by molar-refractivity contribution is 5.67. The van der Waals surface area contributed by atoms with Gasteiger partial charge in [-0.25, -0.2) is 4.79 Å². The lowest BCUT2D eigenvalue weighted by Gasteiger charge is -2.22. The summed E-state index contributed by atoms with van der Waals surface area (Å²) < 4.78 is 5.23. The zero-order valence-electron chi connectivity index (χ0n) is 13.6. The predicted octanol–water partition coefficient (Wildman–Crippen LogP) is 3.04. The van der Waals surface area contributed by atoms with Gasteiger partial charge in [-0.05, 0) is 65.3 Å². The number of aromatic nitrogens is 1. The van der Waals surface area contributed by atoms with Crippen molar-refractivity contribution in [1.82, 2.24) is 15.6 Å². The van der Waals surface area contributed by atoms with Crippen LogP contribution in [0.15, 0.2) is 24.5 Å². The van der Waals surface area contributed by atoms with E-state index in [1.165, 1.54) is 5.56 Å². The SMILES string of the molecule is CC(CCNC(C)c1ccncc1)NC(=O)OC(C)(C)C. The second-order valence-corrected chi connectivity index (χ2v) is 6.29. The summed E-state index contributed by atoms with van der Waals surface area (Å²) in [5, 5.41) is 6.27. The van der Waals surface area contributed by atoms with E-state index in [1.807, 2.05) is 39.8 Å². The van der Waals surface area contributed by atoms with Crippen LogP contribution in [0.2, 0.25) is 0 Å². The highest BCUT2D eigenvalue weighted by Gasteiger charge is 2.17. The van der Waals surface area contributed by atoms with E-state index in [4.69, 9.17) is 4.74 Å². The van der Waals surface area contributed by atoms with Crippen LogP contribution in [-0.4, -0.2) is 29.3 Å². The second-order valence-electron chi connectivity index (χ2n) is 6.29. The van der Waals surface area contributed by atoms with E-state index in [9.17, 15) is 4.79 Å². The molecule has 5 nitrogen and oxygen atoms in total. The average molecular weight is 293 g/mol. The number of rotatable bonds is 6. The number of carbonyl (C=O) groups excluding carboxylic acids is 1. The van der Waals surface area contributed by atoms with Gasteiger partial charge >= 0.3 is 6.09 Å². The van der Waals surface area contributed by atoms with Crippen molar-refractivity contribution >= 4 is 6.09 Å². The van der Waals surface area contributed by atoms with Gasteiger partial charge in [-0.2, -0.15) is 0 Å². The van der Waals surface area contributed by atoms with E-state index >= 15 is 0 Å². The third kappa shape index (κ3) is 7.66. The van der Waals surface area contributed by atoms with Crippen LogP contribution in [0.4, 0.5) is 4.79 Å². The number of pyridine rings is 1. The van der Waals surface area contributed by atoms with Crippen molar-refractivity contribution < 1.29 is 9.53 Å². The first-order valence-electron chi connectivity index (χ1n) is 7.41. The molecule has 0 aromatic carbocycles. The molecular weight excluding hydrogens is 266 g/mol. The van der Waals surface area contributed by atoms with Crippen molar-refractivity contribution in [3.05, 3.63) is 30.1 Å². The van der Waals surface area contributed by atoms with Crippen LogP contribution in [0.5, 0.6) is 0 Å². The predicted molar refractivity (Wildman–Crippen MR) is 84.1 cm³/mol. The van der Waals surface area contributed by atoms with E-state index in [2.05, 4.69) is 22.5 Å². The van der Waals surface area contributed by atoms with Gasteiger partial charge in [-0.3, -0.25) is 4.98 Å². The maximum atomic E-state index is 11.6. The number of hydrogen-bond donors (Lipinski definition) is 2. The number of carbonyl (C=O) groups is 1. The fourth-order valence-corrected chi connectivity index (χ4v) is 1.87. The molecule has 1 rings (SSSR count). The molecule has 2 N–H and O–H groups in total. The molecule has 1 aromatic rings. The molecule has 21 heavy (non-hydrogen) atoms. The molecule has 0 radical (unpaired) electrons. The molecular formula is C16H27N3O2. The summed E-state index contributed by atoms with van der Waals surface area (Å²) in [5.41, 5.74) is 0.746. The van der Waals surface area contributed by atoms with Crippen LogP contribution in [0.25, 0.3) is 0 Å². The van der Waals surface area contributed by atoms with Gasteiger partial charge in [0.1, 0.15) is 5.60 Å². The zero-order valence-corrected chi connectivity index (χ0v) is 13.6. The second kappa shape index (κ2) is 7.98. The van der Waals surface area contributed by atoms with Gasteiger partial charge in [0.15, 0.2) is 0 Å². The molecule has 0 bridgehead atoms. The van der Waals surface area contributed by atoms with Crippen molar-refractivity contribution in [2.75, 3.05) is 6.54 Å². The number of ether oxygens (including phenoxy) is 1. The monoisotopic (exact) mass is 293 g/mol. The molecule has 0 saturated heterocycles. The Bertz CT molecular complexity index is 429. The van der Waals surface area contributed by atoms with E-state index in [-0.39, 0.29) is 18.2 Å². The Kier molecular flexibility index (Phi) is 6.62. The highest BCUT2D eigenvalue weighted by Crippen LogP contribution is 2.10. The Balaban J connectivity index is 2.24. The van der Waals surface area contributed by atoms with Crippen LogP contribution in [0.1, 0.15) is 52.6 Å². The van der Waals surface area contributed by atoms with Crippen LogP contribution in [0, 0.1) is 0 Å². The fourth-order valence-electron chi connectivity index (χ4n) is 1.87. The number of alkyl carbamates (subject to hydrolysis) is 1. The Morgan fingerprint density at radius 2 is 1.90 bits per heavy atom. The Morgan fingerprint density at radius 3 is 2.48 bits per heavy atom. The first-order valence-corrected chi connectivity index (χ1v) is 7.41. The average Bonchev–Trinajstić information content (AvgIpc) is 2.37. The minimum atomic E-state index is -0.460. The van der Waals surface area contributed by atoms with Gasteiger partial charge in [-0.1, -0.05) is 0 Å². The lowest BCUT2D eigenvalue weighted by Crippen LogP contribution is -2.39. The number of amides is 1. The van der Waals surface area contributed by atoms with Crippen LogP contribution in [0.3, 0.4) is 0 Å². The molecule has 118 valence electrons. The summed E-state index contributed by atoms with van der Waals surface area (Å²) >= 11 is 0. The molecule has 5 heteroatoms. The molecule has 1 aromatic heterocycles. The normalized spacial score (nSPS) is 14.3. The first-order chi connectivity index (χ1) is 9.78. The van der Waals surface area contributed by atoms with Gasteiger partial charge in [0.2, 0.25) is 0 Å². The largest absolute Gasteiger partial charge is 0.444 e. The lowest BCUT2D eigenvalue weighted by molar-refractivity contribution is 0.0506. The molecule has 0 fully saturated rings. The van der Waals surface area contributed by atoms with Gasteiger partial charge in [0.05, 0.1) is 0 Å². The van der Waals surface area contributed by atoms with E-state index < -0.39 is 5.60 Å². The maximum Gasteiger partial charge on any atom is 0.407 e. The number of nitrogens with one attached hydrogen (secondary N) is 2. The van der Waals surface area contributed by atoms with Crippen molar-refractivity contribution in [2.45, 2.75) is 58.7 Å². The topological polar surface area (TPSA) is 63.2 Å². The summed E-state index contributed by atoms with van der Waals surface area (Å²) in [6.45, 7) is 10.5. The molecule has 0 aliphatic carbocycles. The molecule has 2 atom stereocenters. The maximum absolute atomic E-state index is 11.6. The summed E-state index contributed by atoms with van der Waals surface area (Å²) in [7, 11) is 0. The van der Waals surface area contributed by atoms with Gasteiger partial charge < -0.3 is 15.4 Å². The van der Waals surface area contributed by atoms with Crippen molar-refractivity contribution in [1.29, 1.82) is 0 Å². The molecule has 0 aliphatic heterocycles. The molecule has 0 saturated carbocycles. The van der Waals surface area contributed by atoms with E-state index in [0.717, 1.165) is 13.0 Å². The quantitative estimate of drug-likeness (QED) is 0.846. The van der Waals surface area contributed by atoms with Gasteiger partial charge in [0, 0.05) is 24.5 Å². The summed E-state index contributed by atoms with van der Waals surface area (Å²) in [4.78, 5) is 15.6. The molecule has 2 unspecified atom stereocenters.